The first-order valence-electron chi connectivity index (χ1n) is 4.92. The van der Waals surface area contributed by atoms with E-state index in [-0.39, 0.29) is 11.4 Å². The summed E-state index contributed by atoms with van der Waals surface area (Å²) in [6.45, 7) is 0. The standard InChI is InChI=1S/C11H13F3N4/c1-18-9(5-10(17)11(12,13)14)7-3-2-6(15)4-8(7)16/h2-5H,15-17H2,1H3. The van der Waals surface area contributed by atoms with Crippen molar-refractivity contribution in [1.29, 1.82) is 0 Å². The molecule has 0 atom stereocenters. The zero-order valence-corrected chi connectivity index (χ0v) is 9.62. The molecule has 0 aliphatic rings. The number of nitrogen functional groups attached to an aromatic ring is 2. The van der Waals surface area contributed by atoms with E-state index >= 15 is 0 Å². The highest BCUT2D eigenvalue weighted by Crippen LogP contribution is 2.23. The molecule has 0 spiro atoms. The average molecular weight is 258 g/mol. The van der Waals surface area contributed by atoms with Crippen molar-refractivity contribution in [1.82, 2.24) is 0 Å². The maximum atomic E-state index is 12.3. The van der Waals surface area contributed by atoms with Crippen LogP contribution in [0.3, 0.4) is 0 Å². The molecule has 4 nitrogen and oxygen atoms in total. The molecule has 0 unspecified atom stereocenters. The third-order valence-electron chi connectivity index (χ3n) is 2.21. The van der Waals surface area contributed by atoms with Crippen LogP contribution in [0, 0.1) is 0 Å². The monoisotopic (exact) mass is 258 g/mol. The predicted molar refractivity (Wildman–Crippen MR) is 66.1 cm³/mol. The van der Waals surface area contributed by atoms with Gasteiger partial charge in [0.1, 0.15) is 5.70 Å². The fourth-order valence-electron chi connectivity index (χ4n) is 1.31. The lowest BCUT2D eigenvalue weighted by Crippen LogP contribution is -2.21. The van der Waals surface area contributed by atoms with E-state index in [1.807, 2.05) is 0 Å². The minimum Gasteiger partial charge on any atom is -0.399 e. The fraction of sp³-hybridized carbons (Fsp3) is 0.182. The van der Waals surface area contributed by atoms with E-state index in [1.165, 1.54) is 25.2 Å². The van der Waals surface area contributed by atoms with Crippen LogP contribution in [0.15, 0.2) is 35.0 Å². The number of nitrogens with two attached hydrogens (primary N) is 3. The van der Waals surface area contributed by atoms with Gasteiger partial charge in [0.15, 0.2) is 0 Å². The van der Waals surface area contributed by atoms with Crippen molar-refractivity contribution in [3.63, 3.8) is 0 Å². The van der Waals surface area contributed by atoms with Crippen LogP contribution in [0.5, 0.6) is 0 Å². The molecule has 0 bridgehead atoms. The van der Waals surface area contributed by atoms with Crippen molar-refractivity contribution in [3.8, 4) is 0 Å². The van der Waals surface area contributed by atoms with Gasteiger partial charge in [0, 0.05) is 24.0 Å². The number of rotatable bonds is 2. The number of allylic oxidation sites excluding steroid dienone is 2. The van der Waals surface area contributed by atoms with Gasteiger partial charge in [-0.1, -0.05) is 0 Å². The van der Waals surface area contributed by atoms with E-state index < -0.39 is 11.9 Å². The number of anilines is 2. The van der Waals surface area contributed by atoms with Gasteiger partial charge in [0.05, 0.1) is 5.71 Å². The maximum absolute atomic E-state index is 12.3. The lowest BCUT2D eigenvalue weighted by molar-refractivity contribution is -0.0925. The Morgan fingerprint density at radius 1 is 1.28 bits per heavy atom. The van der Waals surface area contributed by atoms with E-state index in [0.29, 0.717) is 11.3 Å². The van der Waals surface area contributed by atoms with Gasteiger partial charge in [0.2, 0.25) is 0 Å². The van der Waals surface area contributed by atoms with E-state index in [0.717, 1.165) is 6.08 Å². The van der Waals surface area contributed by atoms with Crippen molar-refractivity contribution in [2.24, 2.45) is 10.7 Å². The van der Waals surface area contributed by atoms with Gasteiger partial charge >= 0.3 is 6.18 Å². The lowest BCUT2D eigenvalue weighted by atomic mass is 10.1. The number of nitrogens with zero attached hydrogens (tertiary/aromatic N) is 1. The Labute approximate surface area is 102 Å². The van der Waals surface area contributed by atoms with Gasteiger partial charge in [-0.15, -0.1) is 0 Å². The average Bonchev–Trinajstić information content (AvgIpc) is 2.25. The highest BCUT2D eigenvalue weighted by Gasteiger charge is 2.31. The quantitative estimate of drug-likeness (QED) is 0.556. The Hall–Kier alpha value is -2.18. The molecule has 1 aromatic carbocycles. The second-order valence-electron chi connectivity index (χ2n) is 3.55. The Kier molecular flexibility index (Phi) is 3.85. The third-order valence-corrected chi connectivity index (χ3v) is 2.21. The normalized spacial score (nSPS) is 13.8. The number of aliphatic imine (C=N–C) groups is 1. The maximum Gasteiger partial charge on any atom is 0.430 e. The largest absolute Gasteiger partial charge is 0.430 e. The number of halogens is 3. The summed E-state index contributed by atoms with van der Waals surface area (Å²) in [4.78, 5) is 3.74. The Morgan fingerprint density at radius 2 is 1.89 bits per heavy atom. The zero-order chi connectivity index (χ0) is 13.9. The van der Waals surface area contributed by atoms with Crippen molar-refractivity contribution >= 4 is 17.1 Å². The van der Waals surface area contributed by atoms with Crippen molar-refractivity contribution in [2.45, 2.75) is 6.18 Å². The van der Waals surface area contributed by atoms with Crippen LogP contribution < -0.4 is 17.2 Å². The molecule has 0 aromatic heterocycles. The molecule has 98 valence electrons. The van der Waals surface area contributed by atoms with Crippen LogP contribution in [-0.2, 0) is 0 Å². The summed E-state index contributed by atoms with van der Waals surface area (Å²) in [5, 5.41) is 0. The van der Waals surface area contributed by atoms with Crippen LogP contribution >= 0.6 is 0 Å². The van der Waals surface area contributed by atoms with Crippen LogP contribution in [-0.4, -0.2) is 18.9 Å². The molecule has 1 aromatic rings. The van der Waals surface area contributed by atoms with Gasteiger partial charge in [-0.2, -0.15) is 13.2 Å². The summed E-state index contributed by atoms with van der Waals surface area (Å²) < 4.78 is 37.0. The Bertz CT molecular complexity index is 504. The smallest absolute Gasteiger partial charge is 0.399 e. The molecule has 6 N–H and O–H groups in total. The van der Waals surface area contributed by atoms with Gasteiger partial charge in [-0.3, -0.25) is 4.99 Å². The van der Waals surface area contributed by atoms with Crippen molar-refractivity contribution < 1.29 is 13.2 Å². The van der Waals surface area contributed by atoms with Gasteiger partial charge in [-0.25, -0.2) is 0 Å². The van der Waals surface area contributed by atoms with Crippen LogP contribution in [0.2, 0.25) is 0 Å². The molecule has 0 aliphatic carbocycles. The van der Waals surface area contributed by atoms with Crippen molar-refractivity contribution in [3.05, 3.63) is 35.5 Å². The van der Waals surface area contributed by atoms with E-state index in [2.05, 4.69) is 4.99 Å². The topological polar surface area (TPSA) is 90.4 Å². The molecule has 7 heteroatoms. The highest BCUT2D eigenvalue weighted by atomic mass is 19.4. The van der Waals surface area contributed by atoms with Crippen LogP contribution in [0.1, 0.15) is 5.56 Å². The number of benzene rings is 1. The molecule has 0 saturated carbocycles. The third kappa shape index (κ3) is 3.16. The summed E-state index contributed by atoms with van der Waals surface area (Å²) in [6.07, 6.45) is -3.86. The summed E-state index contributed by atoms with van der Waals surface area (Å²) in [7, 11) is 1.35. The van der Waals surface area contributed by atoms with E-state index in [1.54, 1.807) is 0 Å². The molecule has 0 amide bonds. The molecule has 1 rings (SSSR count). The first kappa shape index (κ1) is 13.9. The summed E-state index contributed by atoms with van der Waals surface area (Å²) in [6, 6.07) is 4.46. The van der Waals surface area contributed by atoms with Gasteiger partial charge < -0.3 is 17.2 Å². The van der Waals surface area contributed by atoms with Gasteiger partial charge in [-0.05, 0) is 24.3 Å². The van der Waals surface area contributed by atoms with Crippen LogP contribution in [0.4, 0.5) is 24.5 Å². The second kappa shape index (κ2) is 4.99. The molecule has 0 fully saturated rings. The summed E-state index contributed by atoms with van der Waals surface area (Å²) in [5.74, 6) is 0. The molecule has 0 saturated heterocycles. The molecule has 18 heavy (non-hydrogen) atoms. The first-order valence-corrected chi connectivity index (χ1v) is 4.92. The van der Waals surface area contributed by atoms with Crippen molar-refractivity contribution in [2.75, 3.05) is 18.5 Å². The molecule has 0 aliphatic heterocycles. The highest BCUT2D eigenvalue weighted by molar-refractivity contribution is 6.12. The first-order chi connectivity index (χ1) is 8.25. The van der Waals surface area contributed by atoms with Crippen LogP contribution in [0.25, 0.3) is 0 Å². The summed E-state index contributed by atoms with van der Waals surface area (Å²) >= 11 is 0. The second-order valence-corrected chi connectivity index (χ2v) is 3.55. The Balaban J connectivity index is 3.21. The lowest BCUT2D eigenvalue weighted by Gasteiger charge is -2.09. The minimum atomic E-state index is -4.60. The SMILES string of the molecule is CN=C(C=C(N)C(F)(F)F)c1ccc(N)cc1N. The predicted octanol–water partition coefficient (Wildman–Crippen LogP) is 1.67. The molecular weight excluding hydrogens is 245 g/mol. The molecule has 0 radical (unpaired) electrons. The van der Waals surface area contributed by atoms with Gasteiger partial charge in [0.25, 0.3) is 0 Å². The summed E-state index contributed by atoms with van der Waals surface area (Å²) in [5.41, 5.74) is 15.9. The number of hydrogen-bond acceptors (Lipinski definition) is 4. The molecule has 0 heterocycles. The van der Waals surface area contributed by atoms with E-state index in [9.17, 15) is 13.2 Å². The zero-order valence-electron chi connectivity index (χ0n) is 9.62. The minimum absolute atomic E-state index is 0.0438. The molecular formula is C11H13F3N4. The Morgan fingerprint density at radius 3 is 2.33 bits per heavy atom. The number of alkyl halides is 3. The van der Waals surface area contributed by atoms with E-state index in [4.69, 9.17) is 17.2 Å². The fourth-order valence-corrected chi connectivity index (χ4v) is 1.31. The number of hydrogen-bond donors (Lipinski definition) is 3.